The van der Waals surface area contributed by atoms with E-state index in [1.54, 1.807) is 24.0 Å². The second kappa shape index (κ2) is 20.8. The number of carbonyl (C=O) groups excluding carboxylic acids is 2. The molecule has 1 heterocycles. The summed E-state index contributed by atoms with van der Waals surface area (Å²) in [6, 6.07) is 16.3. The molecule has 12 heteroatoms. The minimum absolute atomic E-state index is 0.0623. The third-order valence-electron chi connectivity index (χ3n) is 7.91. The number of rotatable bonds is 18. The van der Waals surface area contributed by atoms with Crippen LogP contribution in [0.15, 0.2) is 48.5 Å². The average Bonchev–Trinajstić information content (AvgIpc) is 3.06. The normalized spacial score (nSPS) is 13.1. The van der Waals surface area contributed by atoms with Crippen molar-refractivity contribution in [1.82, 2.24) is 19.6 Å². The first kappa shape index (κ1) is 38.0. The smallest absolute Gasteiger partial charge is 0.414 e. The number of carboxylic acid groups (broad SMARTS) is 2. The summed E-state index contributed by atoms with van der Waals surface area (Å²) in [6.45, 7) is 11.5. The van der Waals surface area contributed by atoms with E-state index >= 15 is 0 Å². The molecular formula is C34H50N4O8. The number of benzene rings is 2. The van der Waals surface area contributed by atoms with Gasteiger partial charge in [0.2, 0.25) is 11.8 Å². The fraction of sp³-hybridized carbons (Fsp3) is 0.529. The van der Waals surface area contributed by atoms with Crippen LogP contribution >= 0.6 is 0 Å². The molecule has 0 unspecified atom stereocenters. The van der Waals surface area contributed by atoms with Crippen molar-refractivity contribution in [3.8, 4) is 11.5 Å². The Hall–Kier alpha value is -4.16. The molecule has 2 amide bonds. The fourth-order valence-corrected chi connectivity index (χ4v) is 5.23. The van der Waals surface area contributed by atoms with Crippen LogP contribution < -0.4 is 9.47 Å². The van der Waals surface area contributed by atoms with Gasteiger partial charge in [0.05, 0.1) is 27.3 Å². The maximum Gasteiger partial charge on any atom is 0.414 e. The SMILES string of the molecule is CCN(CCCCN1CC(=O)N(CCCCN(CC)Cc2ccccc2OC)CC1=O)Cc1ccccc1OC.O=C(O)C(=O)O. The summed E-state index contributed by atoms with van der Waals surface area (Å²) in [5, 5.41) is 14.8. The highest BCUT2D eigenvalue weighted by molar-refractivity contribution is 6.27. The first-order chi connectivity index (χ1) is 22.1. The van der Waals surface area contributed by atoms with E-state index in [2.05, 4.69) is 35.8 Å². The number of hydrogen-bond donors (Lipinski definition) is 2. The monoisotopic (exact) mass is 642 g/mol. The lowest BCUT2D eigenvalue weighted by Gasteiger charge is -2.34. The van der Waals surface area contributed by atoms with E-state index in [1.807, 2.05) is 36.4 Å². The van der Waals surface area contributed by atoms with E-state index in [1.165, 1.54) is 11.1 Å². The molecule has 2 N–H and O–H groups in total. The van der Waals surface area contributed by atoms with Crippen molar-refractivity contribution in [3.63, 3.8) is 0 Å². The highest BCUT2D eigenvalue weighted by atomic mass is 16.5. The summed E-state index contributed by atoms with van der Waals surface area (Å²) in [4.78, 5) is 52.0. The van der Waals surface area contributed by atoms with Crippen molar-refractivity contribution in [1.29, 1.82) is 0 Å². The Morgan fingerprint density at radius 1 is 0.674 bits per heavy atom. The number of methoxy groups -OCH3 is 2. The minimum atomic E-state index is -1.82. The number of carbonyl (C=O) groups is 4. The molecule has 0 atom stereocenters. The zero-order chi connectivity index (χ0) is 33.9. The predicted octanol–water partition coefficient (Wildman–Crippen LogP) is 3.43. The number of piperazine rings is 1. The lowest BCUT2D eigenvalue weighted by molar-refractivity contribution is -0.159. The number of amides is 2. The van der Waals surface area contributed by atoms with Crippen molar-refractivity contribution in [2.75, 3.05) is 66.6 Å². The standard InChI is InChI=1S/C32H48N4O4.C2H2O4/c1-5-33(23-27-15-7-9-17-29(27)39-3)19-11-13-21-35-25-32(38)36(26-31(35)37)22-14-12-20-34(6-2)24-28-16-8-10-18-30(28)40-4;3-1(4)2(5)6/h7-10,15-18H,5-6,11-14,19-26H2,1-4H3;(H,3,4)(H,5,6). The lowest BCUT2D eigenvalue weighted by Crippen LogP contribution is -2.54. The van der Waals surface area contributed by atoms with Crippen LogP contribution in [0.25, 0.3) is 0 Å². The molecule has 0 spiro atoms. The van der Waals surface area contributed by atoms with Gasteiger partial charge in [0.1, 0.15) is 11.5 Å². The van der Waals surface area contributed by atoms with Gasteiger partial charge >= 0.3 is 11.9 Å². The molecule has 0 bridgehead atoms. The van der Waals surface area contributed by atoms with Crippen LogP contribution in [0, 0.1) is 0 Å². The minimum Gasteiger partial charge on any atom is -0.496 e. The number of para-hydroxylation sites is 2. The largest absolute Gasteiger partial charge is 0.496 e. The molecule has 2 aromatic rings. The summed E-state index contributed by atoms with van der Waals surface area (Å²) in [6.07, 6.45) is 3.74. The van der Waals surface area contributed by atoms with Gasteiger partial charge in [-0.2, -0.15) is 0 Å². The Bertz CT molecular complexity index is 1160. The number of ether oxygens (including phenoxy) is 2. The van der Waals surface area contributed by atoms with E-state index in [9.17, 15) is 9.59 Å². The van der Waals surface area contributed by atoms with Crippen molar-refractivity contribution in [2.24, 2.45) is 0 Å². The van der Waals surface area contributed by atoms with E-state index < -0.39 is 11.9 Å². The summed E-state index contributed by atoms with van der Waals surface area (Å²) in [7, 11) is 3.41. The van der Waals surface area contributed by atoms with Gasteiger partial charge in [0, 0.05) is 37.3 Å². The number of nitrogens with zero attached hydrogens (tertiary/aromatic N) is 4. The van der Waals surface area contributed by atoms with E-state index in [-0.39, 0.29) is 24.9 Å². The van der Waals surface area contributed by atoms with Crippen LogP contribution in [0.5, 0.6) is 11.5 Å². The van der Waals surface area contributed by atoms with E-state index in [4.69, 9.17) is 29.3 Å². The summed E-state index contributed by atoms with van der Waals surface area (Å²) < 4.78 is 11.0. The van der Waals surface area contributed by atoms with Crippen LogP contribution in [0.3, 0.4) is 0 Å². The lowest BCUT2D eigenvalue weighted by atomic mass is 10.1. The van der Waals surface area contributed by atoms with Gasteiger partial charge in [0.25, 0.3) is 0 Å². The van der Waals surface area contributed by atoms with Crippen LogP contribution in [0.4, 0.5) is 0 Å². The molecule has 3 rings (SSSR count). The van der Waals surface area contributed by atoms with Crippen molar-refractivity contribution >= 4 is 23.8 Å². The first-order valence-corrected chi connectivity index (χ1v) is 15.8. The molecule has 0 saturated carbocycles. The molecule has 254 valence electrons. The topological polar surface area (TPSA) is 140 Å². The van der Waals surface area contributed by atoms with E-state index in [0.717, 1.165) is 76.5 Å². The van der Waals surface area contributed by atoms with Crippen molar-refractivity contribution in [3.05, 3.63) is 59.7 Å². The van der Waals surface area contributed by atoms with Gasteiger partial charge in [-0.25, -0.2) is 9.59 Å². The van der Waals surface area contributed by atoms with Crippen LogP contribution in [-0.2, 0) is 32.3 Å². The van der Waals surface area contributed by atoms with Gasteiger partial charge in [-0.15, -0.1) is 0 Å². The Labute approximate surface area is 272 Å². The van der Waals surface area contributed by atoms with E-state index in [0.29, 0.717) is 13.1 Å². The molecule has 1 aliphatic rings. The molecule has 2 aromatic carbocycles. The highest BCUT2D eigenvalue weighted by Crippen LogP contribution is 2.20. The Kier molecular flexibility index (Phi) is 17.2. The molecule has 0 aromatic heterocycles. The molecule has 0 radical (unpaired) electrons. The van der Waals surface area contributed by atoms with Gasteiger partial charge < -0.3 is 29.5 Å². The Morgan fingerprint density at radius 3 is 1.37 bits per heavy atom. The second-order valence-corrected chi connectivity index (χ2v) is 11.0. The third-order valence-corrected chi connectivity index (χ3v) is 7.91. The number of unbranched alkanes of at least 4 members (excludes halogenated alkanes) is 2. The number of carboxylic acids is 2. The van der Waals surface area contributed by atoms with Gasteiger partial charge in [-0.3, -0.25) is 19.4 Å². The maximum absolute atomic E-state index is 12.8. The molecular weight excluding hydrogens is 592 g/mol. The molecule has 46 heavy (non-hydrogen) atoms. The Morgan fingerprint density at radius 2 is 1.04 bits per heavy atom. The summed E-state index contributed by atoms with van der Waals surface area (Å²) in [5.74, 6) is -1.69. The summed E-state index contributed by atoms with van der Waals surface area (Å²) >= 11 is 0. The quantitative estimate of drug-likeness (QED) is 0.184. The fourth-order valence-electron chi connectivity index (χ4n) is 5.23. The molecule has 1 aliphatic heterocycles. The summed E-state index contributed by atoms with van der Waals surface area (Å²) in [5.41, 5.74) is 2.37. The number of aliphatic carboxylic acids is 2. The zero-order valence-corrected chi connectivity index (χ0v) is 27.7. The average molecular weight is 643 g/mol. The number of hydrogen-bond acceptors (Lipinski definition) is 8. The molecule has 1 fully saturated rings. The van der Waals surface area contributed by atoms with Crippen LogP contribution in [0.2, 0.25) is 0 Å². The predicted molar refractivity (Wildman–Crippen MR) is 175 cm³/mol. The van der Waals surface area contributed by atoms with Crippen molar-refractivity contribution in [2.45, 2.75) is 52.6 Å². The first-order valence-electron chi connectivity index (χ1n) is 15.8. The third kappa shape index (κ3) is 13.1. The Balaban J connectivity index is 0.00000112. The van der Waals surface area contributed by atoms with Gasteiger partial charge in [-0.1, -0.05) is 50.2 Å². The molecule has 12 nitrogen and oxygen atoms in total. The molecule has 1 saturated heterocycles. The maximum atomic E-state index is 12.8. The van der Waals surface area contributed by atoms with Crippen molar-refractivity contribution < 1.29 is 38.9 Å². The van der Waals surface area contributed by atoms with Gasteiger partial charge in [0.15, 0.2) is 0 Å². The van der Waals surface area contributed by atoms with Gasteiger partial charge in [-0.05, 0) is 64.0 Å². The second-order valence-electron chi connectivity index (χ2n) is 11.0. The van der Waals surface area contributed by atoms with Crippen LogP contribution in [-0.4, -0.2) is 120 Å². The molecule has 0 aliphatic carbocycles. The van der Waals surface area contributed by atoms with Crippen LogP contribution in [0.1, 0.15) is 50.7 Å². The highest BCUT2D eigenvalue weighted by Gasteiger charge is 2.29. The zero-order valence-electron chi connectivity index (χ0n) is 27.7.